The van der Waals surface area contributed by atoms with Crippen LogP contribution in [0, 0.1) is 12.8 Å². The molecule has 0 saturated carbocycles. The summed E-state index contributed by atoms with van der Waals surface area (Å²) < 4.78 is 11.2. The first-order chi connectivity index (χ1) is 13.5. The fraction of sp³-hybridized carbons (Fsp3) is 0.500. The Bertz CT molecular complexity index is 788. The van der Waals surface area contributed by atoms with Crippen LogP contribution in [0.15, 0.2) is 24.4 Å². The first-order valence-corrected chi connectivity index (χ1v) is 10.4. The number of nitrogens with one attached hydrogen (secondary N) is 2. The van der Waals surface area contributed by atoms with E-state index >= 15 is 0 Å². The normalized spacial score (nSPS) is 14.9. The van der Waals surface area contributed by atoms with E-state index in [2.05, 4.69) is 34.4 Å². The zero-order valence-electron chi connectivity index (χ0n) is 16.7. The summed E-state index contributed by atoms with van der Waals surface area (Å²) in [5, 5.41) is 6.26. The summed E-state index contributed by atoms with van der Waals surface area (Å²) in [6, 6.07) is 5.41. The Balaban J connectivity index is 1.57. The predicted octanol–water partition coefficient (Wildman–Crippen LogP) is 3.96. The SMILES string of the molecule is Cc1ccc(NC(=O)Nc2ncc(CN3CCOCC3)s2)c(OCC(C)C)c1. The van der Waals surface area contributed by atoms with Gasteiger partial charge in [0.2, 0.25) is 0 Å². The second kappa shape index (κ2) is 9.86. The van der Waals surface area contributed by atoms with Gasteiger partial charge in [-0.15, -0.1) is 11.3 Å². The van der Waals surface area contributed by atoms with Crippen LogP contribution in [-0.2, 0) is 11.3 Å². The minimum Gasteiger partial charge on any atom is -0.491 e. The van der Waals surface area contributed by atoms with Crippen LogP contribution in [0.5, 0.6) is 5.75 Å². The molecule has 2 amide bonds. The zero-order valence-corrected chi connectivity index (χ0v) is 17.5. The predicted molar refractivity (Wildman–Crippen MR) is 112 cm³/mol. The van der Waals surface area contributed by atoms with Gasteiger partial charge in [-0.3, -0.25) is 10.2 Å². The van der Waals surface area contributed by atoms with Gasteiger partial charge in [0, 0.05) is 30.7 Å². The Morgan fingerprint density at radius 3 is 2.86 bits per heavy atom. The van der Waals surface area contributed by atoms with E-state index < -0.39 is 0 Å². The number of anilines is 2. The minimum absolute atomic E-state index is 0.328. The van der Waals surface area contributed by atoms with E-state index in [1.165, 1.54) is 11.3 Å². The Hall–Kier alpha value is -2.16. The summed E-state index contributed by atoms with van der Waals surface area (Å²) in [7, 11) is 0. The zero-order chi connectivity index (χ0) is 19.9. The lowest BCUT2D eigenvalue weighted by Gasteiger charge is -2.25. The molecule has 0 atom stereocenters. The topological polar surface area (TPSA) is 75.7 Å². The molecule has 2 N–H and O–H groups in total. The number of benzene rings is 1. The molecule has 0 aliphatic carbocycles. The molecule has 1 fully saturated rings. The summed E-state index contributed by atoms with van der Waals surface area (Å²) in [5.41, 5.74) is 1.73. The van der Waals surface area contributed by atoms with E-state index in [0.29, 0.717) is 29.1 Å². The number of hydrogen-bond donors (Lipinski definition) is 2. The molecule has 0 spiro atoms. The lowest BCUT2D eigenvalue weighted by atomic mass is 10.2. The van der Waals surface area contributed by atoms with Gasteiger partial charge in [0.15, 0.2) is 5.13 Å². The van der Waals surface area contributed by atoms with Crippen molar-refractivity contribution in [2.24, 2.45) is 5.92 Å². The third-order valence-electron chi connectivity index (χ3n) is 4.21. The van der Waals surface area contributed by atoms with Crippen molar-refractivity contribution in [1.82, 2.24) is 9.88 Å². The Kier molecular flexibility index (Phi) is 7.24. The average molecular weight is 405 g/mol. The van der Waals surface area contributed by atoms with Gasteiger partial charge in [-0.2, -0.15) is 0 Å². The van der Waals surface area contributed by atoms with E-state index in [-0.39, 0.29) is 6.03 Å². The van der Waals surface area contributed by atoms with Gasteiger partial charge in [-0.05, 0) is 30.5 Å². The lowest BCUT2D eigenvalue weighted by Crippen LogP contribution is -2.35. The number of hydrogen-bond acceptors (Lipinski definition) is 6. The van der Waals surface area contributed by atoms with Gasteiger partial charge in [0.1, 0.15) is 5.75 Å². The number of carbonyl (C=O) groups is 1. The highest BCUT2D eigenvalue weighted by Crippen LogP contribution is 2.27. The van der Waals surface area contributed by atoms with Crippen LogP contribution in [0.25, 0.3) is 0 Å². The summed E-state index contributed by atoms with van der Waals surface area (Å²) in [4.78, 5) is 20.2. The van der Waals surface area contributed by atoms with Crippen LogP contribution in [0.2, 0.25) is 0 Å². The minimum atomic E-state index is -0.328. The van der Waals surface area contributed by atoms with Gasteiger partial charge in [0.25, 0.3) is 0 Å². The Morgan fingerprint density at radius 1 is 1.32 bits per heavy atom. The molecule has 152 valence electrons. The van der Waals surface area contributed by atoms with Crippen LogP contribution in [-0.4, -0.2) is 48.8 Å². The molecule has 0 bridgehead atoms. The van der Waals surface area contributed by atoms with Gasteiger partial charge >= 0.3 is 6.03 Å². The number of thiazole rings is 1. The van der Waals surface area contributed by atoms with Gasteiger partial charge in [0.05, 0.1) is 25.5 Å². The molecule has 1 saturated heterocycles. The highest BCUT2D eigenvalue weighted by molar-refractivity contribution is 7.15. The first kappa shape index (κ1) is 20.6. The largest absolute Gasteiger partial charge is 0.491 e. The molecule has 1 aliphatic rings. The standard InChI is InChI=1S/C20H28N4O3S/c1-14(2)13-27-18-10-15(3)4-5-17(18)22-19(25)23-20-21-11-16(28-20)12-24-6-8-26-9-7-24/h4-5,10-11,14H,6-9,12-13H2,1-3H3,(H2,21,22,23,25). The highest BCUT2D eigenvalue weighted by atomic mass is 32.1. The second-order valence-electron chi connectivity index (χ2n) is 7.30. The number of urea groups is 1. The van der Waals surface area contributed by atoms with Crippen molar-refractivity contribution in [2.75, 3.05) is 43.5 Å². The van der Waals surface area contributed by atoms with Gasteiger partial charge in [-0.1, -0.05) is 19.9 Å². The number of rotatable bonds is 7. The maximum atomic E-state index is 12.4. The molecular formula is C20H28N4O3S. The molecule has 0 radical (unpaired) electrons. The molecule has 2 heterocycles. The van der Waals surface area contributed by atoms with Crippen LogP contribution in [0.3, 0.4) is 0 Å². The summed E-state index contributed by atoms with van der Waals surface area (Å²) in [5.74, 6) is 1.08. The van der Waals surface area contributed by atoms with Crippen LogP contribution in [0.1, 0.15) is 24.3 Å². The van der Waals surface area contributed by atoms with Crippen molar-refractivity contribution in [3.05, 3.63) is 34.8 Å². The summed E-state index contributed by atoms with van der Waals surface area (Å²) in [6.07, 6.45) is 1.82. The van der Waals surface area contributed by atoms with Crippen LogP contribution < -0.4 is 15.4 Å². The molecule has 1 aliphatic heterocycles. The van der Waals surface area contributed by atoms with E-state index in [1.54, 1.807) is 0 Å². The lowest BCUT2D eigenvalue weighted by molar-refractivity contribution is 0.0346. The third kappa shape index (κ3) is 6.19. The quantitative estimate of drug-likeness (QED) is 0.730. The fourth-order valence-electron chi connectivity index (χ4n) is 2.78. The van der Waals surface area contributed by atoms with Gasteiger partial charge < -0.3 is 14.8 Å². The smallest absolute Gasteiger partial charge is 0.325 e. The monoisotopic (exact) mass is 404 g/mol. The second-order valence-corrected chi connectivity index (χ2v) is 8.42. The molecule has 28 heavy (non-hydrogen) atoms. The van der Waals surface area contributed by atoms with Crippen molar-refractivity contribution in [1.29, 1.82) is 0 Å². The van der Waals surface area contributed by atoms with E-state index in [9.17, 15) is 4.79 Å². The van der Waals surface area contributed by atoms with Crippen LogP contribution in [0.4, 0.5) is 15.6 Å². The molecule has 0 unspecified atom stereocenters. The summed E-state index contributed by atoms with van der Waals surface area (Å²) >= 11 is 1.49. The molecular weight excluding hydrogens is 376 g/mol. The Morgan fingerprint density at radius 2 is 2.11 bits per heavy atom. The molecule has 3 rings (SSSR count). The number of aryl methyl sites for hydroxylation is 1. The van der Waals surface area contributed by atoms with Crippen molar-refractivity contribution in [3.63, 3.8) is 0 Å². The summed E-state index contributed by atoms with van der Waals surface area (Å²) in [6.45, 7) is 11.0. The maximum absolute atomic E-state index is 12.4. The van der Waals surface area contributed by atoms with E-state index in [1.807, 2.05) is 31.3 Å². The maximum Gasteiger partial charge on any atom is 0.325 e. The highest BCUT2D eigenvalue weighted by Gasteiger charge is 2.14. The number of morpholine rings is 1. The number of aromatic nitrogens is 1. The number of carbonyl (C=O) groups excluding carboxylic acids is 1. The Labute approximate surface area is 170 Å². The average Bonchev–Trinajstić information content (AvgIpc) is 3.09. The number of ether oxygens (including phenoxy) is 2. The van der Waals surface area contributed by atoms with E-state index in [4.69, 9.17) is 9.47 Å². The van der Waals surface area contributed by atoms with Crippen molar-refractivity contribution in [2.45, 2.75) is 27.3 Å². The van der Waals surface area contributed by atoms with Crippen molar-refractivity contribution < 1.29 is 14.3 Å². The molecule has 7 nitrogen and oxygen atoms in total. The fourth-order valence-corrected chi connectivity index (χ4v) is 3.63. The van der Waals surface area contributed by atoms with Crippen molar-refractivity contribution in [3.8, 4) is 5.75 Å². The van der Waals surface area contributed by atoms with Crippen LogP contribution >= 0.6 is 11.3 Å². The molecule has 1 aromatic heterocycles. The van der Waals surface area contributed by atoms with Gasteiger partial charge in [-0.25, -0.2) is 9.78 Å². The molecule has 2 aromatic rings. The van der Waals surface area contributed by atoms with Crippen molar-refractivity contribution >= 4 is 28.2 Å². The number of nitrogens with zero attached hydrogens (tertiary/aromatic N) is 2. The molecule has 8 heteroatoms. The van der Waals surface area contributed by atoms with E-state index in [0.717, 1.165) is 43.3 Å². The first-order valence-electron chi connectivity index (χ1n) is 9.56. The molecule has 1 aromatic carbocycles. The number of amides is 2. The third-order valence-corrected chi connectivity index (χ3v) is 5.11.